The summed E-state index contributed by atoms with van der Waals surface area (Å²) in [4.78, 5) is 32.3. The van der Waals surface area contributed by atoms with Crippen molar-refractivity contribution >= 4 is 38.6 Å². The molecule has 10 heteroatoms. The summed E-state index contributed by atoms with van der Waals surface area (Å²) in [5.74, 6) is -0.661. The topological polar surface area (TPSA) is 94.8 Å². The number of thiazole rings is 1. The Labute approximate surface area is 227 Å². The number of carbonyl (C=O) groups excluding carboxylic acids is 2. The van der Waals surface area contributed by atoms with Crippen molar-refractivity contribution in [2.75, 3.05) is 12.0 Å². The largest absolute Gasteiger partial charge is 0.465 e. The molecule has 4 aromatic rings. The van der Waals surface area contributed by atoms with Gasteiger partial charge in [-0.3, -0.25) is 0 Å². The lowest BCUT2D eigenvalue weighted by Crippen LogP contribution is -2.46. The number of hydrogen-bond acceptors (Lipinski definition) is 9. The zero-order valence-corrected chi connectivity index (χ0v) is 22.1. The van der Waals surface area contributed by atoms with Crippen LogP contribution in [-0.2, 0) is 9.47 Å². The van der Waals surface area contributed by atoms with E-state index >= 15 is 0 Å². The number of halogens is 1. The predicted octanol–water partition coefficient (Wildman–Crippen LogP) is 6.11. The zero-order chi connectivity index (χ0) is 26.7. The Kier molecular flexibility index (Phi) is 5.88. The number of ether oxygens (including phenoxy) is 2. The Morgan fingerprint density at radius 2 is 1.79 bits per heavy atom. The summed E-state index contributed by atoms with van der Waals surface area (Å²) in [5, 5.41) is 4.98. The first-order valence-corrected chi connectivity index (χ1v) is 14.0. The van der Waals surface area contributed by atoms with E-state index in [1.807, 2.05) is 30.3 Å². The van der Waals surface area contributed by atoms with E-state index in [0.29, 0.717) is 34.6 Å². The number of nitrogens with zero attached hydrogens (tertiary/aromatic N) is 3. The molecule has 2 bridgehead atoms. The Morgan fingerprint density at radius 1 is 1.05 bits per heavy atom. The molecule has 2 aromatic heterocycles. The molecule has 3 atom stereocenters. The normalized spacial score (nSPS) is 22.3. The van der Waals surface area contributed by atoms with Crippen LogP contribution in [0, 0.1) is 5.82 Å². The highest BCUT2D eigenvalue weighted by molar-refractivity contribution is 7.22. The van der Waals surface area contributed by atoms with Crippen molar-refractivity contribution in [3.05, 3.63) is 65.2 Å². The van der Waals surface area contributed by atoms with Gasteiger partial charge in [0.1, 0.15) is 22.9 Å². The van der Waals surface area contributed by atoms with Gasteiger partial charge < -0.3 is 18.9 Å². The van der Waals surface area contributed by atoms with Crippen LogP contribution in [0.15, 0.2) is 47.0 Å². The first-order chi connectivity index (χ1) is 19.0. The molecule has 8 nitrogen and oxygen atoms in total. The maximum atomic E-state index is 14.8. The van der Waals surface area contributed by atoms with Gasteiger partial charge in [-0.15, -0.1) is 0 Å². The monoisotopic (exact) mass is 547 g/mol. The van der Waals surface area contributed by atoms with Crippen LogP contribution in [-0.4, -0.2) is 47.4 Å². The predicted molar refractivity (Wildman–Crippen MR) is 143 cm³/mol. The maximum Gasteiger partial charge on any atom is 0.344 e. The summed E-state index contributed by atoms with van der Waals surface area (Å²) < 4.78 is 31.9. The van der Waals surface area contributed by atoms with E-state index in [9.17, 15) is 14.0 Å². The van der Waals surface area contributed by atoms with Crippen LogP contribution in [0.5, 0.6) is 0 Å². The first-order valence-electron chi connectivity index (χ1n) is 13.2. The maximum absolute atomic E-state index is 14.8. The fourth-order valence-electron chi connectivity index (χ4n) is 5.99. The first kappa shape index (κ1) is 24.3. The van der Waals surface area contributed by atoms with Crippen molar-refractivity contribution < 1.29 is 28.0 Å². The fourth-order valence-corrected chi connectivity index (χ4v) is 7.15. The number of fused-ring (bicyclic) bond motifs is 3. The van der Waals surface area contributed by atoms with Crippen molar-refractivity contribution in [3.63, 3.8) is 0 Å². The molecule has 2 saturated heterocycles. The number of rotatable bonds is 6. The van der Waals surface area contributed by atoms with Gasteiger partial charge in [0.05, 0.1) is 17.4 Å². The average molecular weight is 548 g/mol. The molecule has 3 fully saturated rings. The fraction of sp³-hybridized carbons (Fsp3) is 0.379. The minimum absolute atomic E-state index is 0.129. The molecule has 1 saturated carbocycles. The molecule has 39 heavy (non-hydrogen) atoms. The van der Waals surface area contributed by atoms with E-state index < -0.39 is 11.8 Å². The van der Waals surface area contributed by atoms with Gasteiger partial charge in [0.15, 0.2) is 16.7 Å². The van der Waals surface area contributed by atoms with E-state index in [1.165, 1.54) is 24.5 Å². The van der Waals surface area contributed by atoms with Gasteiger partial charge in [0, 0.05) is 36.4 Å². The van der Waals surface area contributed by atoms with E-state index in [-0.39, 0.29) is 41.2 Å². The van der Waals surface area contributed by atoms with Gasteiger partial charge in [-0.05, 0) is 37.8 Å². The minimum atomic E-state index is -0.582. The number of piperidine rings is 1. The SMILES string of the molecule is COC(=O)c1cc(F)c2nc(N3[C@@H]4CC[C@H]3C[C@@H](OC(=O)c3c(-c5ccccc5)noc3C3CC3)C4)sc2c1. The molecule has 3 aliphatic rings. The molecule has 2 aliphatic heterocycles. The van der Waals surface area contributed by atoms with Crippen molar-refractivity contribution in [2.24, 2.45) is 0 Å². The third kappa shape index (κ3) is 4.27. The molecule has 7 rings (SSSR count). The molecule has 200 valence electrons. The summed E-state index contributed by atoms with van der Waals surface area (Å²) in [6.45, 7) is 0. The number of anilines is 1. The Balaban J connectivity index is 1.12. The molecular formula is C29H26FN3O5S. The second kappa shape index (κ2) is 9.44. The van der Waals surface area contributed by atoms with Crippen molar-refractivity contribution in [1.29, 1.82) is 0 Å². The number of benzene rings is 2. The molecule has 0 unspecified atom stereocenters. The zero-order valence-electron chi connectivity index (χ0n) is 21.3. The van der Waals surface area contributed by atoms with Gasteiger partial charge in [-0.25, -0.2) is 19.0 Å². The summed E-state index contributed by atoms with van der Waals surface area (Å²) in [6, 6.07) is 12.6. The lowest BCUT2D eigenvalue weighted by Gasteiger charge is -2.38. The van der Waals surface area contributed by atoms with E-state index in [4.69, 9.17) is 14.0 Å². The summed E-state index contributed by atoms with van der Waals surface area (Å²) >= 11 is 1.37. The molecule has 4 heterocycles. The lowest BCUT2D eigenvalue weighted by molar-refractivity contribution is 0.0202. The molecular weight excluding hydrogens is 521 g/mol. The molecule has 2 aromatic carbocycles. The molecule has 0 spiro atoms. The van der Waals surface area contributed by atoms with Crippen molar-refractivity contribution in [1.82, 2.24) is 10.1 Å². The Bertz CT molecular complexity index is 1570. The van der Waals surface area contributed by atoms with Crippen LogP contribution >= 0.6 is 11.3 Å². The number of esters is 2. The number of methoxy groups -OCH3 is 1. The lowest BCUT2D eigenvalue weighted by atomic mass is 9.99. The van der Waals surface area contributed by atoms with Gasteiger partial charge in [-0.2, -0.15) is 0 Å². The quantitative estimate of drug-likeness (QED) is 0.267. The van der Waals surface area contributed by atoms with Crippen LogP contribution in [0.4, 0.5) is 9.52 Å². The highest BCUT2D eigenvalue weighted by Crippen LogP contribution is 2.46. The molecule has 1 aliphatic carbocycles. The van der Waals surface area contributed by atoms with Gasteiger partial charge in [0.2, 0.25) is 0 Å². The van der Waals surface area contributed by atoms with Crippen LogP contribution in [0.25, 0.3) is 21.5 Å². The third-order valence-corrected chi connectivity index (χ3v) is 8.98. The van der Waals surface area contributed by atoms with Gasteiger partial charge in [-0.1, -0.05) is 46.8 Å². The van der Waals surface area contributed by atoms with Crippen LogP contribution in [0.3, 0.4) is 0 Å². The van der Waals surface area contributed by atoms with E-state index in [0.717, 1.165) is 36.4 Å². The Hall–Kier alpha value is -3.79. The second-order valence-corrected chi connectivity index (χ2v) is 11.5. The molecule has 0 amide bonds. The third-order valence-electron chi connectivity index (χ3n) is 7.96. The van der Waals surface area contributed by atoms with Crippen LogP contribution in [0.2, 0.25) is 0 Å². The standard InChI is InChI=1S/C29H26FN3O5S/c1-36-27(34)17-11-21(30)25-22(12-17)39-29(31-25)33-18-9-10-19(33)14-20(13-18)37-28(35)23-24(15-5-3-2-4-6-15)32-38-26(23)16-7-8-16/h2-6,11-12,16,18-20H,7-10,13-14H2,1H3/t18-,19+,20+. The summed E-state index contributed by atoms with van der Waals surface area (Å²) in [6.07, 6.45) is 4.94. The highest BCUT2D eigenvalue weighted by Gasteiger charge is 2.44. The molecule has 0 radical (unpaired) electrons. The number of hydrogen-bond donors (Lipinski definition) is 0. The smallest absolute Gasteiger partial charge is 0.344 e. The van der Waals surface area contributed by atoms with Crippen LogP contribution < -0.4 is 4.90 Å². The van der Waals surface area contributed by atoms with Gasteiger partial charge >= 0.3 is 11.9 Å². The van der Waals surface area contributed by atoms with E-state index in [1.54, 1.807) is 6.07 Å². The Morgan fingerprint density at radius 3 is 2.49 bits per heavy atom. The van der Waals surface area contributed by atoms with Crippen molar-refractivity contribution in [3.8, 4) is 11.3 Å². The summed E-state index contributed by atoms with van der Waals surface area (Å²) in [5.41, 5.74) is 2.23. The van der Waals surface area contributed by atoms with Crippen molar-refractivity contribution in [2.45, 2.75) is 62.6 Å². The highest BCUT2D eigenvalue weighted by atomic mass is 32.1. The number of aromatic nitrogens is 2. The minimum Gasteiger partial charge on any atom is -0.465 e. The second-order valence-electron chi connectivity index (χ2n) is 10.5. The summed E-state index contributed by atoms with van der Waals surface area (Å²) in [7, 11) is 1.27. The van der Waals surface area contributed by atoms with E-state index in [2.05, 4.69) is 15.0 Å². The average Bonchev–Trinajstić information content (AvgIpc) is 3.43. The van der Waals surface area contributed by atoms with Crippen LogP contribution in [0.1, 0.15) is 70.9 Å². The number of carbonyl (C=O) groups is 2. The molecule has 0 N–H and O–H groups in total. The van der Waals surface area contributed by atoms with Gasteiger partial charge in [0.25, 0.3) is 0 Å².